The van der Waals surface area contributed by atoms with Crippen LogP contribution in [0.1, 0.15) is 12.1 Å². The summed E-state index contributed by atoms with van der Waals surface area (Å²) in [6.07, 6.45) is 2.55. The van der Waals surface area contributed by atoms with Crippen molar-refractivity contribution in [2.75, 3.05) is 24.6 Å². The van der Waals surface area contributed by atoms with Crippen LogP contribution in [0, 0.1) is 17.2 Å². The van der Waals surface area contributed by atoms with Crippen molar-refractivity contribution >= 4 is 5.95 Å². The lowest BCUT2D eigenvalue weighted by Crippen LogP contribution is -2.23. The largest absolute Gasteiger partial charge is 0.396 e. The van der Waals surface area contributed by atoms with Gasteiger partial charge in [0.2, 0.25) is 5.95 Å². The summed E-state index contributed by atoms with van der Waals surface area (Å²) in [5, 5.41) is 17.7. The van der Waals surface area contributed by atoms with E-state index in [-0.39, 0.29) is 6.61 Å². The summed E-state index contributed by atoms with van der Waals surface area (Å²) in [5.41, 5.74) is 0.382. The average Bonchev–Trinajstić information content (AvgIpc) is 2.78. The number of aliphatic hydroxyl groups excluding tert-OH is 1. The zero-order valence-corrected chi connectivity index (χ0v) is 8.30. The Morgan fingerprint density at radius 1 is 1.67 bits per heavy atom. The number of nitrogens with zero attached hydrogens (tertiary/aromatic N) is 4. The molecule has 1 aliphatic rings. The van der Waals surface area contributed by atoms with Gasteiger partial charge in [0, 0.05) is 31.8 Å². The first-order valence-electron chi connectivity index (χ1n) is 4.92. The molecule has 0 amide bonds. The first-order valence-corrected chi connectivity index (χ1v) is 4.92. The molecule has 0 bridgehead atoms. The minimum atomic E-state index is 0.203. The Morgan fingerprint density at radius 2 is 2.53 bits per heavy atom. The molecular formula is C10H12N4O. The molecule has 0 aromatic carbocycles. The quantitative estimate of drug-likeness (QED) is 0.743. The molecular weight excluding hydrogens is 192 g/mol. The highest BCUT2D eigenvalue weighted by Gasteiger charge is 2.23. The zero-order chi connectivity index (χ0) is 10.7. The SMILES string of the molecule is N#Cc1ccnc(N2CCC(CO)C2)n1. The molecule has 5 nitrogen and oxygen atoms in total. The van der Waals surface area contributed by atoms with Gasteiger partial charge in [-0.05, 0) is 12.5 Å². The van der Waals surface area contributed by atoms with Gasteiger partial charge in [0.15, 0.2) is 0 Å². The van der Waals surface area contributed by atoms with Crippen LogP contribution < -0.4 is 4.90 Å². The lowest BCUT2D eigenvalue weighted by Gasteiger charge is -2.15. The van der Waals surface area contributed by atoms with Crippen molar-refractivity contribution in [2.24, 2.45) is 5.92 Å². The van der Waals surface area contributed by atoms with Crippen molar-refractivity contribution in [1.29, 1.82) is 5.26 Å². The molecule has 0 saturated carbocycles. The van der Waals surface area contributed by atoms with Gasteiger partial charge in [-0.2, -0.15) is 5.26 Å². The van der Waals surface area contributed by atoms with Crippen molar-refractivity contribution in [3.63, 3.8) is 0 Å². The Bertz CT molecular complexity index is 387. The van der Waals surface area contributed by atoms with Crippen LogP contribution in [0.3, 0.4) is 0 Å². The van der Waals surface area contributed by atoms with Crippen LogP contribution in [0.15, 0.2) is 12.3 Å². The number of aromatic nitrogens is 2. The van der Waals surface area contributed by atoms with E-state index in [9.17, 15) is 0 Å². The van der Waals surface area contributed by atoms with Gasteiger partial charge in [-0.1, -0.05) is 0 Å². The molecule has 1 aromatic rings. The lowest BCUT2D eigenvalue weighted by atomic mass is 10.1. The first kappa shape index (κ1) is 9.87. The number of aliphatic hydroxyl groups is 1. The minimum absolute atomic E-state index is 0.203. The molecule has 1 atom stereocenters. The van der Waals surface area contributed by atoms with Gasteiger partial charge in [-0.15, -0.1) is 0 Å². The van der Waals surface area contributed by atoms with Crippen LogP contribution in [0.5, 0.6) is 0 Å². The van der Waals surface area contributed by atoms with E-state index < -0.39 is 0 Å². The van der Waals surface area contributed by atoms with E-state index in [4.69, 9.17) is 10.4 Å². The maximum Gasteiger partial charge on any atom is 0.226 e. The van der Waals surface area contributed by atoms with Crippen molar-refractivity contribution in [1.82, 2.24) is 9.97 Å². The summed E-state index contributed by atoms with van der Waals surface area (Å²) < 4.78 is 0. The molecule has 1 N–H and O–H groups in total. The Balaban J connectivity index is 2.14. The lowest BCUT2D eigenvalue weighted by molar-refractivity contribution is 0.238. The third-order valence-corrected chi connectivity index (χ3v) is 2.58. The Hall–Kier alpha value is -1.67. The number of anilines is 1. The molecule has 1 aromatic heterocycles. The highest BCUT2D eigenvalue weighted by Crippen LogP contribution is 2.19. The van der Waals surface area contributed by atoms with E-state index >= 15 is 0 Å². The summed E-state index contributed by atoms with van der Waals surface area (Å²) in [6.45, 7) is 1.82. The van der Waals surface area contributed by atoms with Gasteiger partial charge in [0.05, 0.1) is 0 Å². The molecule has 1 fully saturated rings. The topological polar surface area (TPSA) is 73.0 Å². The standard InChI is InChI=1S/C10H12N4O/c11-5-9-1-3-12-10(13-9)14-4-2-8(6-14)7-15/h1,3,8,15H,2,4,6-7H2. The molecule has 0 spiro atoms. The van der Waals surface area contributed by atoms with Gasteiger partial charge >= 0.3 is 0 Å². The summed E-state index contributed by atoms with van der Waals surface area (Å²) in [6, 6.07) is 3.58. The Kier molecular flexibility index (Phi) is 2.79. The van der Waals surface area contributed by atoms with E-state index in [1.165, 1.54) is 0 Å². The van der Waals surface area contributed by atoms with E-state index in [0.29, 0.717) is 17.6 Å². The van der Waals surface area contributed by atoms with Crippen LogP contribution in [0.2, 0.25) is 0 Å². The van der Waals surface area contributed by atoms with E-state index in [2.05, 4.69) is 9.97 Å². The molecule has 1 unspecified atom stereocenters. The number of hydrogen-bond acceptors (Lipinski definition) is 5. The fourth-order valence-corrected chi connectivity index (χ4v) is 1.73. The van der Waals surface area contributed by atoms with Crippen molar-refractivity contribution < 1.29 is 5.11 Å². The van der Waals surface area contributed by atoms with Crippen LogP contribution in [-0.2, 0) is 0 Å². The second-order valence-corrected chi connectivity index (χ2v) is 3.64. The third kappa shape index (κ3) is 2.05. The summed E-state index contributed by atoms with van der Waals surface area (Å²) in [4.78, 5) is 10.2. The van der Waals surface area contributed by atoms with Gasteiger partial charge in [0.1, 0.15) is 11.8 Å². The highest BCUT2D eigenvalue weighted by atomic mass is 16.3. The van der Waals surface area contributed by atoms with Gasteiger partial charge in [-0.3, -0.25) is 0 Å². The predicted molar refractivity (Wildman–Crippen MR) is 54.2 cm³/mol. The summed E-state index contributed by atoms with van der Waals surface area (Å²) in [5.74, 6) is 0.893. The second-order valence-electron chi connectivity index (χ2n) is 3.64. The maximum atomic E-state index is 9.01. The maximum absolute atomic E-state index is 9.01. The van der Waals surface area contributed by atoms with Crippen LogP contribution in [0.25, 0.3) is 0 Å². The number of rotatable bonds is 2. The first-order chi connectivity index (χ1) is 7.33. The summed E-state index contributed by atoms with van der Waals surface area (Å²) >= 11 is 0. The second kappa shape index (κ2) is 4.24. The summed E-state index contributed by atoms with van der Waals surface area (Å²) in [7, 11) is 0. The fraction of sp³-hybridized carbons (Fsp3) is 0.500. The van der Waals surface area contributed by atoms with Gasteiger partial charge in [-0.25, -0.2) is 9.97 Å². The molecule has 0 radical (unpaired) electrons. The molecule has 15 heavy (non-hydrogen) atoms. The molecule has 0 aliphatic carbocycles. The predicted octanol–water partition coefficient (Wildman–Crippen LogP) is 0.167. The average molecular weight is 204 g/mol. The molecule has 5 heteroatoms. The van der Waals surface area contributed by atoms with Gasteiger partial charge < -0.3 is 10.0 Å². The smallest absolute Gasteiger partial charge is 0.226 e. The van der Waals surface area contributed by atoms with E-state index in [1.807, 2.05) is 11.0 Å². The van der Waals surface area contributed by atoms with Crippen LogP contribution in [0.4, 0.5) is 5.95 Å². The van der Waals surface area contributed by atoms with Gasteiger partial charge in [0.25, 0.3) is 0 Å². The minimum Gasteiger partial charge on any atom is -0.396 e. The molecule has 78 valence electrons. The molecule has 1 saturated heterocycles. The van der Waals surface area contributed by atoms with Crippen LogP contribution >= 0.6 is 0 Å². The molecule has 1 aliphatic heterocycles. The monoisotopic (exact) mass is 204 g/mol. The Morgan fingerprint density at radius 3 is 3.20 bits per heavy atom. The molecule has 2 heterocycles. The van der Waals surface area contributed by atoms with E-state index in [1.54, 1.807) is 12.3 Å². The van der Waals surface area contributed by atoms with E-state index in [0.717, 1.165) is 19.5 Å². The Labute approximate surface area is 88.0 Å². The number of hydrogen-bond donors (Lipinski definition) is 1. The normalized spacial score (nSPS) is 20.3. The molecule has 2 rings (SSSR count). The van der Waals surface area contributed by atoms with Crippen molar-refractivity contribution in [3.8, 4) is 6.07 Å². The van der Waals surface area contributed by atoms with Crippen molar-refractivity contribution in [3.05, 3.63) is 18.0 Å². The third-order valence-electron chi connectivity index (χ3n) is 2.58. The fourth-order valence-electron chi connectivity index (χ4n) is 1.73. The highest BCUT2D eigenvalue weighted by molar-refractivity contribution is 5.34. The zero-order valence-electron chi connectivity index (χ0n) is 8.30. The van der Waals surface area contributed by atoms with Crippen molar-refractivity contribution in [2.45, 2.75) is 6.42 Å². The number of nitriles is 1. The van der Waals surface area contributed by atoms with Crippen LogP contribution in [-0.4, -0.2) is 34.8 Å².